The number of halogens is 4. The lowest BCUT2D eigenvalue weighted by atomic mass is 10.1. The number of carbonyl (C=O) groups excluding carboxylic acids is 1. The number of benzene rings is 1. The molecule has 1 amide bonds. The van der Waals surface area contributed by atoms with Gasteiger partial charge in [-0.15, -0.1) is 0 Å². The summed E-state index contributed by atoms with van der Waals surface area (Å²) >= 11 is 7.21. The summed E-state index contributed by atoms with van der Waals surface area (Å²) in [5, 5.41) is 8.70. The minimum absolute atomic E-state index is 0.282. The highest BCUT2D eigenvalue weighted by Gasteiger charge is 2.45. The van der Waals surface area contributed by atoms with Crippen LogP contribution in [0.5, 0.6) is 0 Å². The average molecular weight is 381 g/mol. The molecule has 1 aromatic carbocycles. The summed E-state index contributed by atoms with van der Waals surface area (Å²) in [6.45, 7) is 1.27. The van der Waals surface area contributed by atoms with Gasteiger partial charge in [-0.25, -0.2) is 0 Å². The molecule has 0 fully saturated rings. The monoisotopic (exact) mass is 380 g/mol. The van der Waals surface area contributed by atoms with Crippen molar-refractivity contribution in [3.05, 3.63) is 34.3 Å². The zero-order valence-corrected chi connectivity index (χ0v) is 13.4. The maximum atomic E-state index is 12.7. The van der Waals surface area contributed by atoms with Crippen molar-refractivity contribution in [2.75, 3.05) is 6.54 Å². The quantitative estimate of drug-likeness (QED) is 0.808. The molecule has 0 spiro atoms. The van der Waals surface area contributed by atoms with Gasteiger partial charge in [0.2, 0.25) is 0 Å². The van der Waals surface area contributed by atoms with E-state index < -0.39 is 23.4 Å². The average Bonchev–Trinajstić information content (AvgIpc) is 2.38. The molecule has 21 heavy (non-hydrogen) atoms. The van der Waals surface area contributed by atoms with Crippen LogP contribution >= 0.6 is 28.6 Å². The van der Waals surface area contributed by atoms with Gasteiger partial charge in [-0.1, -0.05) is 35.0 Å². The Kier molecular flexibility index (Phi) is 6.10. The Morgan fingerprint density at radius 1 is 1.43 bits per heavy atom. The van der Waals surface area contributed by atoms with E-state index in [0.717, 1.165) is 4.47 Å². The normalized spacial score (nSPS) is 14.1. The van der Waals surface area contributed by atoms with E-state index in [0.29, 0.717) is 10.5 Å². The van der Waals surface area contributed by atoms with Gasteiger partial charge in [-0.3, -0.25) is 4.79 Å². The second-order valence-electron chi connectivity index (χ2n) is 4.39. The number of alkyl halides is 3. The van der Waals surface area contributed by atoms with Gasteiger partial charge in [0.05, 0.1) is 6.07 Å². The van der Waals surface area contributed by atoms with E-state index in [1.165, 1.54) is 12.1 Å². The van der Waals surface area contributed by atoms with Crippen LogP contribution in [-0.4, -0.2) is 28.8 Å². The molecule has 2 atom stereocenters. The van der Waals surface area contributed by atoms with E-state index in [4.69, 9.17) is 0 Å². The number of thiol groups is 1. The molecule has 0 N–H and O–H groups in total. The van der Waals surface area contributed by atoms with Gasteiger partial charge in [-0.2, -0.15) is 31.1 Å². The van der Waals surface area contributed by atoms with Gasteiger partial charge in [0.15, 0.2) is 0 Å². The summed E-state index contributed by atoms with van der Waals surface area (Å²) in [7, 11) is 0. The minimum Gasteiger partial charge on any atom is -0.314 e. The molecule has 1 aromatic rings. The van der Waals surface area contributed by atoms with Gasteiger partial charge >= 0.3 is 12.1 Å². The van der Waals surface area contributed by atoms with E-state index in [9.17, 15) is 23.2 Å². The predicted molar refractivity (Wildman–Crippen MR) is 78.7 cm³/mol. The van der Waals surface area contributed by atoms with Crippen LogP contribution in [0, 0.1) is 11.3 Å². The summed E-state index contributed by atoms with van der Waals surface area (Å²) < 4.78 is 38.8. The summed E-state index contributed by atoms with van der Waals surface area (Å²) in [6, 6.07) is 6.62. The molecule has 114 valence electrons. The summed E-state index contributed by atoms with van der Waals surface area (Å²) in [4.78, 5) is 12.0. The Morgan fingerprint density at radius 3 is 2.33 bits per heavy atom. The molecule has 0 saturated heterocycles. The molecular formula is C13H12BrF3N2OS. The van der Waals surface area contributed by atoms with E-state index in [1.807, 2.05) is 0 Å². The Morgan fingerprint density at radius 2 is 1.95 bits per heavy atom. The second-order valence-corrected chi connectivity index (χ2v) is 6.18. The van der Waals surface area contributed by atoms with Crippen LogP contribution < -0.4 is 0 Å². The third-order valence-corrected chi connectivity index (χ3v) is 3.28. The molecule has 1 rings (SSSR count). The molecule has 2 unspecified atom stereocenters. The van der Waals surface area contributed by atoms with Crippen molar-refractivity contribution >= 4 is 34.5 Å². The highest BCUT2D eigenvalue weighted by atomic mass is 79.9. The van der Waals surface area contributed by atoms with Crippen LogP contribution in [0.15, 0.2) is 28.7 Å². The number of carbonyl (C=O) groups is 1. The Hall–Kier alpha value is -1.20. The molecule has 0 aliphatic carbocycles. The van der Waals surface area contributed by atoms with E-state index >= 15 is 0 Å². The van der Waals surface area contributed by atoms with Gasteiger partial charge in [0.1, 0.15) is 6.04 Å². The van der Waals surface area contributed by atoms with Crippen molar-refractivity contribution in [2.45, 2.75) is 24.4 Å². The smallest absolute Gasteiger partial charge is 0.314 e. The Bertz CT molecular complexity index is 540. The predicted octanol–water partition coefficient (Wildman–Crippen LogP) is 3.72. The first kappa shape index (κ1) is 17.9. The molecule has 0 radical (unpaired) electrons. The highest BCUT2D eigenvalue weighted by molar-refractivity contribution is 9.10. The standard InChI is InChI=1S/C13H12BrF3N2OS/c1-8(21)7-19(12(20)13(15,16)17)11(6-18)9-2-4-10(14)5-3-9/h2-5,8,11,21H,7H2,1H3. The number of hydrogen-bond acceptors (Lipinski definition) is 3. The zero-order valence-electron chi connectivity index (χ0n) is 10.9. The lowest BCUT2D eigenvalue weighted by Gasteiger charge is -2.29. The van der Waals surface area contributed by atoms with Crippen LogP contribution in [0.2, 0.25) is 0 Å². The largest absolute Gasteiger partial charge is 0.471 e. The van der Waals surface area contributed by atoms with Crippen LogP contribution in [-0.2, 0) is 4.79 Å². The molecule has 0 aliphatic rings. The van der Waals surface area contributed by atoms with Gasteiger partial charge in [0.25, 0.3) is 0 Å². The first-order valence-electron chi connectivity index (χ1n) is 5.87. The van der Waals surface area contributed by atoms with E-state index in [1.54, 1.807) is 25.1 Å². The second kappa shape index (κ2) is 7.18. The molecule has 0 heterocycles. The van der Waals surface area contributed by atoms with Crippen LogP contribution in [0.1, 0.15) is 18.5 Å². The van der Waals surface area contributed by atoms with Crippen LogP contribution in [0.25, 0.3) is 0 Å². The SMILES string of the molecule is CC(S)CN(C(=O)C(F)(F)F)C(C#N)c1ccc(Br)cc1. The topological polar surface area (TPSA) is 44.1 Å². The fourth-order valence-electron chi connectivity index (χ4n) is 1.72. The summed E-state index contributed by atoms with van der Waals surface area (Å²) in [5.74, 6) is -2.04. The van der Waals surface area contributed by atoms with E-state index in [-0.39, 0.29) is 6.54 Å². The third kappa shape index (κ3) is 4.93. The summed E-state index contributed by atoms with van der Waals surface area (Å²) in [6.07, 6.45) is -5.03. The van der Waals surface area contributed by atoms with Crippen LogP contribution in [0.4, 0.5) is 13.2 Å². The van der Waals surface area contributed by atoms with Crippen molar-refractivity contribution in [1.29, 1.82) is 5.26 Å². The third-order valence-electron chi connectivity index (χ3n) is 2.58. The molecular weight excluding hydrogens is 369 g/mol. The lowest BCUT2D eigenvalue weighted by Crippen LogP contribution is -2.45. The number of nitriles is 1. The maximum absolute atomic E-state index is 12.7. The van der Waals surface area contributed by atoms with Crippen molar-refractivity contribution in [3.63, 3.8) is 0 Å². The highest BCUT2D eigenvalue weighted by Crippen LogP contribution is 2.28. The minimum atomic E-state index is -5.03. The molecule has 0 saturated carbocycles. The van der Waals surface area contributed by atoms with E-state index in [2.05, 4.69) is 28.6 Å². The lowest BCUT2D eigenvalue weighted by molar-refractivity contribution is -0.187. The fourth-order valence-corrected chi connectivity index (χ4v) is 2.16. The maximum Gasteiger partial charge on any atom is 0.471 e. The molecule has 0 aliphatic heterocycles. The summed E-state index contributed by atoms with van der Waals surface area (Å²) in [5.41, 5.74) is 0.312. The number of hydrogen-bond donors (Lipinski definition) is 1. The van der Waals surface area contributed by atoms with Gasteiger partial charge in [-0.05, 0) is 17.7 Å². The Balaban J connectivity index is 3.18. The first-order chi connectivity index (χ1) is 9.66. The van der Waals surface area contributed by atoms with Crippen molar-refractivity contribution in [3.8, 4) is 6.07 Å². The Labute approximate surface area is 134 Å². The van der Waals surface area contributed by atoms with Crippen molar-refractivity contribution in [1.82, 2.24) is 4.90 Å². The van der Waals surface area contributed by atoms with Crippen molar-refractivity contribution < 1.29 is 18.0 Å². The fraction of sp³-hybridized carbons (Fsp3) is 0.385. The number of amides is 1. The molecule has 0 bridgehead atoms. The molecule has 8 heteroatoms. The number of rotatable bonds is 4. The zero-order chi connectivity index (χ0) is 16.2. The number of nitrogens with zero attached hydrogens (tertiary/aromatic N) is 2. The molecule has 3 nitrogen and oxygen atoms in total. The van der Waals surface area contributed by atoms with Crippen molar-refractivity contribution in [2.24, 2.45) is 0 Å². The van der Waals surface area contributed by atoms with Gasteiger partial charge in [0, 0.05) is 16.3 Å². The first-order valence-corrected chi connectivity index (χ1v) is 7.18. The molecule has 0 aromatic heterocycles. The van der Waals surface area contributed by atoms with Crippen LogP contribution in [0.3, 0.4) is 0 Å². The van der Waals surface area contributed by atoms with Gasteiger partial charge < -0.3 is 4.90 Å².